The fourth-order valence-electron chi connectivity index (χ4n) is 3.13. The van der Waals surface area contributed by atoms with Gasteiger partial charge < -0.3 is 15.3 Å². The van der Waals surface area contributed by atoms with Crippen molar-refractivity contribution in [2.24, 2.45) is 0 Å². The molecule has 1 saturated carbocycles. The zero-order chi connectivity index (χ0) is 13.7. The van der Waals surface area contributed by atoms with Crippen LogP contribution in [-0.2, 0) is 0 Å². The van der Waals surface area contributed by atoms with E-state index in [-0.39, 0.29) is 12.1 Å². The Kier molecular flexibility index (Phi) is 5.63. The Bertz CT molecular complexity index is 262. The number of hydrogen-bond acceptors (Lipinski definition) is 4. The molecule has 4 nitrogen and oxygen atoms in total. The van der Waals surface area contributed by atoms with Crippen LogP contribution in [0.15, 0.2) is 0 Å². The van der Waals surface area contributed by atoms with E-state index >= 15 is 0 Å². The number of piperazine rings is 1. The van der Waals surface area contributed by atoms with Gasteiger partial charge in [-0.25, -0.2) is 0 Å². The lowest BCUT2D eigenvalue weighted by Gasteiger charge is -2.35. The smallest absolute Gasteiger partial charge is 0.0610 e. The molecule has 1 aliphatic carbocycles. The second-order valence-corrected chi connectivity index (χ2v) is 6.46. The van der Waals surface area contributed by atoms with Gasteiger partial charge >= 0.3 is 0 Å². The molecule has 1 saturated heterocycles. The minimum Gasteiger partial charge on any atom is -0.394 e. The Labute approximate surface area is 118 Å². The highest BCUT2D eigenvalue weighted by Gasteiger charge is 2.31. The Morgan fingerprint density at radius 1 is 1.21 bits per heavy atom. The number of nitrogens with zero attached hydrogens (tertiary/aromatic N) is 2. The second kappa shape index (κ2) is 7.02. The maximum Gasteiger partial charge on any atom is 0.0610 e. The van der Waals surface area contributed by atoms with Gasteiger partial charge in [0.15, 0.2) is 0 Å². The zero-order valence-corrected chi connectivity index (χ0v) is 12.7. The first-order valence-corrected chi connectivity index (χ1v) is 7.99. The number of likely N-dealkylation sites (N-methyl/N-ethyl adjacent to an activating group) is 1. The van der Waals surface area contributed by atoms with Crippen LogP contribution in [0.25, 0.3) is 0 Å². The number of hydrogen-bond donors (Lipinski definition) is 2. The molecule has 0 radical (unpaired) electrons. The van der Waals surface area contributed by atoms with Gasteiger partial charge in [0.05, 0.1) is 6.61 Å². The zero-order valence-electron chi connectivity index (χ0n) is 12.7. The standard InChI is InChI=1S/C15H31N3O/c1-3-16-15(2,13-19)7-4-8-17-9-11-18(12-10-17)14-5-6-14/h14,16,19H,3-13H2,1-2H3. The monoisotopic (exact) mass is 269 g/mol. The summed E-state index contributed by atoms with van der Waals surface area (Å²) in [5.41, 5.74) is -0.0927. The number of rotatable bonds is 8. The Morgan fingerprint density at radius 2 is 1.89 bits per heavy atom. The molecule has 2 aliphatic rings. The van der Waals surface area contributed by atoms with Crippen molar-refractivity contribution in [2.75, 3.05) is 45.9 Å². The average molecular weight is 269 g/mol. The molecule has 19 heavy (non-hydrogen) atoms. The van der Waals surface area contributed by atoms with Crippen molar-refractivity contribution in [3.05, 3.63) is 0 Å². The summed E-state index contributed by atoms with van der Waals surface area (Å²) in [6, 6.07) is 0.925. The first kappa shape index (κ1) is 15.2. The predicted molar refractivity (Wildman–Crippen MR) is 79.4 cm³/mol. The lowest BCUT2D eigenvalue weighted by Crippen LogP contribution is -2.48. The molecule has 2 rings (SSSR count). The van der Waals surface area contributed by atoms with Gasteiger partial charge in [-0.2, -0.15) is 0 Å². The Hall–Kier alpha value is -0.160. The molecule has 4 heteroatoms. The van der Waals surface area contributed by atoms with E-state index < -0.39 is 0 Å². The van der Waals surface area contributed by atoms with Crippen molar-refractivity contribution >= 4 is 0 Å². The summed E-state index contributed by atoms with van der Waals surface area (Å²) in [7, 11) is 0. The van der Waals surface area contributed by atoms with Crippen LogP contribution >= 0.6 is 0 Å². The van der Waals surface area contributed by atoms with E-state index in [0.29, 0.717) is 0 Å². The van der Waals surface area contributed by atoms with E-state index in [2.05, 4.69) is 29.0 Å². The van der Waals surface area contributed by atoms with Crippen molar-refractivity contribution in [3.63, 3.8) is 0 Å². The topological polar surface area (TPSA) is 38.7 Å². The van der Waals surface area contributed by atoms with Gasteiger partial charge in [0.1, 0.15) is 0 Å². The van der Waals surface area contributed by atoms with Crippen molar-refractivity contribution in [1.82, 2.24) is 15.1 Å². The lowest BCUT2D eigenvalue weighted by atomic mass is 9.96. The largest absolute Gasteiger partial charge is 0.394 e. The number of nitrogens with one attached hydrogen (secondary N) is 1. The average Bonchev–Trinajstić information content (AvgIpc) is 3.24. The molecule has 0 aromatic carbocycles. The van der Waals surface area contributed by atoms with Crippen molar-refractivity contribution in [3.8, 4) is 0 Å². The van der Waals surface area contributed by atoms with Crippen LogP contribution in [0.5, 0.6) is 0 Å². The highest BCUT2D eigenvalue weighted by Crippen LogP contribution is 2.27. The molecule has 1 heterocycles. The van der Waals surface area contributed by atoms with E-state index in [4.69, 9.17) is 0 Å². The molecular formula is C15H31N3O. The Morgan fingerprint density at radius 3 is 2.42 bits per heavy atom. The summed E-state index contributed by atoms with van der Waals surface area (Å²) in [5.74, 6) is 0. The maximum absolute atomic E-state index is 9.47. The second-order valence-electron chi connectivity index (χ2n) is 6.46. The van der Waals surface area contributed by atoms with Gasteiger partial charge in [-0.3, -0.25) is 4.90 Å². The van der Waals surface area contributed by atoms with E-state index in [1.165, 1.54) is 52.0 Å². The highest BCUT2D eigenvalue weighted by atomic mass is 16.3. The van der Waals surface area contributed by atoms with Crippen molar-refractivity contribution in [1.29, 1.82) is 0 Å². The van der Waals surface area contributed by atoms with Crippen molar-refractivity contribution in [2.45, 2.75) is 51.1 Å². The quantitative estimate of drug-likeness (QED) is 0.687. The van der Waals surface area contributed by atoms with Gasteiger partial charge in [0, 0.05) is 37.8 Å². The van der Waals surface area contributed by atoms with Gasteiger partial charge in [-0.1, -0.05) is 6.92 Å². The van der Waals surface area contributed by atoms with E-state index in [9.17, 15) is 5.11 Å². The minimum absolute atomic E-state index is 0.0927. The molecule has 112 valence electrons. The molecule has 0 amide bonds. The third-order valence-electron chi connectivity index (χ3n) is 4.63. The molecular weight excluding hydrogens is 238 g/mol. The number of aliphatic hydroxyl groups excluding tert-OH is 1. The van der Waals surface area contributed by atoms with Crippen LogP contribution in [0.1, 0.15) is 39.5 Å². The maximum atomic E-state index is 9.47. The molecule has 0 bridgehead atoms. The van der Waals surface area contributed by atoms with Crippen LogP contribution in [-0.4, -0.2) is 72.4 Å². The first-order chi connectivity index (χ1) is 9.17. The van der Waals surface area contributed by atoms with Crippen LogP contribution in [0.4, 0.5) is 0 Å². The fourth-order valence-corrected chi connectivity index (χ4v) is 3.13. The SMILES string of the molecule is CCNC(C)(CO)CCCN1CCN(C2CC2)CC1. The summed E-state index contributed by atoms with van der Waals surface area (Å²) in [6.45, 7) is 11.5. The summed E-state index contributed by atoms with van der Waals surface area (Å²) in [6.07, 6.45) is 5.09. The summed E-state index contributed by atoms with van der Waals surface area (Å²) >= 11 is 0. The van der Waals surface area contributed by atoms with Gasteiger partial charge in [0.25, 0.3) is 0 Å². The van der Waals surface area contributed by atoms with Crippen LogP contribution in [0.2, 0.25) is 0 Å². The summed E-state index contributed by atoms with van der Waals surface area (Å²) in [4.78, 5) is 5.25. The third-order valence-corrected chi connectivity index (χ3v) is 4.63. The molecule has 2 fully saturated rings. The van der Waals surface area contributed by atoms with E-state index in [0.717, 1.165) is 19.0 Å². The van der Waals surface area contributed by atoms with E-state index in [1.807, 2.05) is 0 Å². The van der Waals surface area contributed by atoms with Gasteiger partial charge in [-0.15, -0.1) is 0 Å². The predicted octanol–water partition coefficient (Wildman–Crippen LogP) is 0.907. The minimum atomic E-state index is -0.0927. The summed E-state index contributed by atoms with van der Waals surface area (Å²) < 4.78 is 0. The fraction of sp³-hybridized carbons (Fsp3) is 1.00. The Balaban J connectivity index is 1.60. The van der Waals surface area contributed by atoms with Crippen LogP contribution < -0.4 is 5.32 Å². The molecule has 0 aromatic heterocycles. The van der Waals surface area contributed by atoms with Gasteiger partial charge in [0.2, 0.25) is 0 Å². The lowest BCUT2D eigenvalue weighted by molar-refractivity contribution is 0.116. The molecule has 1 atom stereocenters. The first-order valence-electron chi connectivity index (χ1n) is 7.99. The van der Waals surface area contributed by atoms with Crippen molar-refractivity contribution < 1.29 is 5.11 Å². The molecule has 1 unspecified atom stereocenters. The number of aliphatic hydroxyl groups is 1. The molecule has 1 aliphatic heterocycles. The highest BCUT2D eigenvalue weighted by molar-refractivity contribution is 4.88. The normalized spacial score (nSPS) is 25.4. The molecule has 0 aromatic rings. The molecule has 2 N–H and O–H groups in total. The van der Waals surface area contributed by atoms with E-state index in [1.54, 1.807) is 0 Å². The third kappa shape index (κ3) is 4.71. The van der Waals surface area contributed by atoms with Crippen LogP contribution in [0, 0.1) is 0 Å². The van der Waals surface area contributed by atoms with Crippen LogP contribution in [0.3, 0.4) is 0 Å². The summed E-state index contributed by atoms with van der Waals surface area (Å²) in [5, 5.41) is 12.9. The molecule has 0 spiro atoms. The van der Waals surface area contributed by atoms with Gasteiger partial charge in [-0.05, 0) is 45.7 Å².